The van der Waals surface area contributed by atoms with Crippen molar-refractivity contribution in [3.8, 4) is 0 Å². The van der Waals surface area contributed by atoms with Gasteiger partial charge in [-0.05, 0) is 0 Å². The second-order valence-corrected chi connectivity index (χ2v) is 2.34. The van der Waals surface area contributed by atoms with Crippen molar-refractivity contribution in [2.24, 2.45) is 0 Å². The van der Waals surface area contributed by atoms with E-state index in [9.17, 15) is 4.39 Å². The van der Waals surface area contributed by atoms with E-state index in [4.69, 9.17) is 15.3 Å². The van der Waals surface area contributed by atoms with Crippen molar-refractivity contribution < 1.29 is 24.5 Å². The number of nitrogens with one attached hydrogen (secondary N) is 1. The molecule has 1 fully saturated rings. The average Bonchev–Trinajstić information content (AvgIpc) is 2.01. The fraction of sp³-hybridized carbons (Fsp3) is 1.00. The molecule has 6 heteroatoms. The van der Waals surface area contributed by atoms with E-state index in [1.165, 1.54) is 0 Å². The van der Waals surface area contributed by atoms with Crippen molar-refractivity contribution in [2.45, 2.75) is 24.6 Å². The Kier molecular flexibility index (Phi) is 2.74. The van der Waals surface area contributed by atoms with Gasteiger partial charge in [-0.15, -0.1) is 0 Å². The number of aliphatic hydroxyl groups is 3. The maximum Gasteiger partial charge on any atom is 0.201 e. The van der Waals surface area contributed by atoms with Gasteiger partial charge < -0.3 is 15.3 Å². The SMILES string of the molecule is OCC1ONC(F)C(O)[C@@H]1O. The third-order valence-electron chi connectivity index (χ3n) is 1.54. The molecule has 4 atom stereocenters. The van der Waals surface area contributed by atoms with E-state index in [0.29, 0.717) is 0 Å². The molecule has 0 saturated carbocycles. The summed E-state index contributed by atoms with van der Waals surface area (Å²) in [5.41, 5.74) is 1.83. The molecule has 0 aliphatic carbocycles. The largest absolute Gasteiger partial charge is 0.393 e. The van der Waals surface area contributed by atoms with E-state index in [1.54, 1.807) is 0 Å². The molecular weight excluding hydrogens is 157 g/mol. The van der Waals surface area contributed by atoms with Crippen LogP contribution in [0.1, 0.15) is 0 Å². The van der Waals surface area contributed by atoms with Gasteiger partial charge in [0.2, 0.25) is 6.30 Å². The van der Waals surface area contributed by atoms with Crippen LogP contribution in [0, 0.1) is 0 Å². The lowest BCUT2D eigenvalue weighted by molar-refractivity contribution is -0.225. The Morgan fingerprint density at radius 2 is 2.00 bits per heavy atom. The molecule has 0 bridgehead atoms. The molecular formula is C5H10FNO4. The zero-order chi connectivity index (χ0) is 8.43. The van der Waals surface area contributed by atoms with E-state index in [-0.39, 0.29) is 0 Å². The molecule has 5 nitrogen and oxygen atoms in total. The summed E-state index contributed by atoms with van der Waals surface area (Å²) in [5.74, 6) is 0. The highest BCUT2D eigenvalue weighted by atomic mass is 19.1. The predicted octanol–water partition coefficient (Wildman–Crippen LogP) is -2.10. The van der Waals surface area contributed by atoms with E-state index < -0.39 is 31.2 Å². The molecule has 1 heterocycles. The molecule has 0 radical (unpaired) electrons. The highest BCUT2D eigenvalue weighted by Gasteiger charge is 2.38. The first kappa shape index (κ1) is 8.82. The van der Waals surface area contributed by atoms with E-state index in [1.807, 2.05) is 5.48 Å². The molecule has 0 amide bonds. The first-order valence-corrected chi connectivity index (χ1v) is 3.19. The van der Waals surface area contributed by atoms with Gasteiger partial charge in [-0.1, -0.05) is 0 Å². The normalized spacial score (nSPS) is 45.8. The molecule has 66 valence electrons. The molecule has 0 aromatic heterocycles. The van der Waals surface area contributed by atoms with Gasteiger partial charge >= 0.3 is 0 Å². The van der Waals surface area contributed by atoms with Crippen LogP contribution in [0.4, 0.5) is 4.39 Å². The Morgan fingerprint density at radius 1 is 1.36 bits per heavy atom. The van der Waals surface area contributed by atoms with Crippen molar-refractivity contribution in [1.29, 1.82) is 0 Å². The highest BCUT2D eigenvalue weighted by molar-refractivity contribution is 4.82. The zero-order valence-electron chi connectivity index (χ0n) is 5.64. The number of hydrogen-bond acceptors (Lipinski definition) is 5. The minimum Gasteiger partial charge on any atom is -0.393 e. The van der Waals surface area contributed by atoms with Crippen LogP contribution in [0.2, 0.25) is 0 Å². The van der Waals surface area contributed by atoms with Crippen LogP contribution in [0.5, 0.6) is 0 Å². The topological polar surface area (TPSA) is 82.0 Å². The molecule has 0 aromatic carbocycles. The minimum absolute atomic E-state index is 0.474. The molecule has 1 saturated heterocycles. The minimum atomic E-state index is -1.81. The molecule has 11 heavy (non-hydrogen) atoms. The van der Waals surface area contributed by atoms with Crippen LogP contribution in [0.25, 0.3) is 0 Å². The lowest BCUT2D eigenvalue weighted by Crippen LogP contribution is -2.57. The van der Waals surface area contributed by atoms with Gasteiger partial charge in [0.25, 0.3) is 0 Å². The standard InChI is InChI=1S/C5H10FNO4/c6-5-4(10)3(9)2(1-8)11-7-5/h2-5,7-10H,1H2/t2?,3-,4?,5?/m1/s1. The Balaban J connectivity index is 2.52. The van der Waals surface area contributed by atoms with Crippen molar-refractivity contribution in [2.75, 3.05) is 6.61 Å². The zero-order valence-corrected chi connectivity index (χ0v) is 5.64. The number of alkyl halides is 1. The van der Waals surface area contributed by atoms with Gasteiger partial charge in [0, 0.05) is 0 Å². The van der Waals surface area contributed by atoms with Crippen LogP contribution in [0.15, 0.2) is 0 Å². The highest BCUT2D eigenvalue weighted by Crippen LogP contribution is 2.13. The number of hydrogen-bond donors (Lipinski definition) is 4. The molecule has 4 N–H and O–H groups in total. The van der Waals surface area contributed by atoms with Gasteiger partial charge in [0.15, 0.2) is 0 Å². The van der Waals surface area contributed by atoms with E-state index in [0.717, 1.165) is 0 Å². The van der Waals surface area contributed by atoms with Crippen molar-refractivity contribution in [3.63, 3.8) is 0 Å². The van der Waals surface area contributed by atoms with Crippen molar-refractivity contribution in [3.05, 3.63) is 0 Å². The average molecular weight is 167 g/mol. The van der Waals surface area contributed by atoms with Crippen LogP contribution in [0.3, 0.4) is 0 Å². The summed E-state index contributed by atoms with van der Waals surface area (Å²) in [5, 5.41) is 26.4. The van der Waals surface area contributed by atoms with Crippen molar-refractivity contribution in [1.82, 2.24) is 5.48 Å². The number of rotatable bonds is 1. The Labute approximate surface area is 62.4 Å². The van der Waals surface area contributed by atoms with Crippen LogP contribution in [-0.2, 0) is 4.84 Å². The van der Waals surface area contributed by atoms with E-state index in [2.05, 4.69) is 4.84 Å². The van der Waals surface area contributed by atoms with Gasteiger partial charge in [0.05, 0.1) is 6.61 Å². The number of aliphatic hydroxyl groups excluding tert-OH is 3. The molecule has 1 aliphatic heterocycles. The van der Waals surface area contributed by atoms with Crippen LogP contribution >= 0.6 is 0 Å². The Bertz CT molecular complexity index is 134. The summed E-state index contributed by atoms with van der Waals surface area (Å²) < 4.78 is 12.4. The second kappa shape index (κ2) is 3.42. The van der Waals surface area contributed by atoms with Crippen LogP contribution < -0.4 is 5.48 Å². The molecule has 0 aromatic rings. The van der Waals surface area contributed by atoms with Gasteiger partial charge in [-0.2, -0.15) is 5.48 Å². The summed E-state index contributed by atoms with van der Waals surface area (Å²) in [6, 6.07) is 0. The summed E-state index contributed by atoms with van der Waals surface area (Å²) in [6.45, 7) is -0.474. The monoisotopic (exact) mass is 167 g/mol. The number of halogens is 1. The lowest BCUT2D eigenvalue weighted by Gasteiger charge is -2.33. The third-order valence-corrected chi connectivity index (χ3v) is 1.54. The van der Waals surface area contributed by atoms with Gasteiger partial charge in [0.1, 0.15) is 18.3 Å². The third kappa shape index (κ3) is 1.66. The lowest BCUT2D eigenvalue weighted by atomic mass is 10.1. The smallest absolute Gasteiger partial charge is 0.201 e. The Hall–Kier alpha value is -0.270. The summed E-state index contributed by atoms with van der Waals surface area (Å²) >= 11 is 0. The van der Waals surface area contributed by atoms with Gasteiger partial charge in [-0.3, -0.25) is 4.84 Å². The fourth-order valence-corrected chi connectivity index (χ4v) is 0.830. The van der Waals surface area contributed by atoms with E-state index >= 15 is 0 Å². The first-order chi connectivity index (χ1) is 5.16. The van der Waals surface area contributed by atoms with Gasteiger partial charge in [-0.25, -0.2) is 4.39 Å². The number of hydroxylamine groups is 1. The maximum atomic E-state index is 12.4. The fourth-order valence-electron chi connectivity index (χ4n) is 0.830. The maximum absolute atomic E-state index is 12.4. The first-order valence-electron chi connectivity index (χ1n) is 3.19. The van der Waals surface area contributed by atoms with Crippen molar-refractivity contribution >= 4 is 0 Å². The Morgan fingerprint density at radius 3 is 2.55 bits per heavy atom. The quantitative estimate of drug-likeness (QED) is 0.336. The predicted molar refractivity (Wildman–Crippen MR) is 32.0 cm³/mol. The van der Waals surface area contributed by atoms with Crippen LogP contribution in [-0.4, -0.2) is 46.5 Å². The molecule has 3 unspecified atom stereocenters. The second-order valence-electron chi connectivity index (χ2n) is 2.34. The molecule has 1 aliphatic rings. The molecule has 0 spiro atoms. The summed E-state index contributed by atoms with van der Waals surface area (Å²) in [7, 11) is 0. The summed E-state index contributed by atoms with van der Waals surface area (Å²) in [4.78, 5) is 4.44. The summed E-state index contributed by atoms with van der Waals surface area (Å²) in [6.07, 6.45) is -5.73. The molecule has 1 rings (SSSR count).